The average molecular weight is 326 g/mol. The highest BCUT2D eigenvalue weighted by molar-refractivity contribution is 6.31. The van der Waals surface area contributed by atoms with Gasteiger partial charge in [0, 0.05) is 27.7 Å². The van der Waals surface area contributed by atoms with E-state index in [2.05, 4.69) is 5.32 Å². The summed E-state index contributed by atoms with van der Waals surface area (Å²) in [7, 11) is 0. The summed E-state index contributed by atoms with van der Waals surface area (Å²) in [6, 6.07) is 9.66. The second-order valence-corrected chi connectivity index (χ2v) is 6.07. The average Bonchev–Trinajstić information content (AvgIpc) is 2.56. The number of hydrogen-bond donors (Lipinski definition) is 2. The van der Waals surface area contributed by atoms with Crippen LogP contribution in [0.5, 0.6) is 0 Å². The van der Waals surface area contributed by atoms with E-state index in [1.54, 1.807) is 18.2 Å². The Morgan fingerprint density at radius 1 is 1.19 bits per heavy atom. The number of aliphatic hydroxyl groups is 1. The fraction of sp³-hybridized carbons (Fsp3) is 0.250. The molecule has 1 heterocycles. The van der Waals surface area contributed by atoms with E-state index in [-0.39, 0.29) is 11.9 Å². The molecule has 1 aliphatic heterocycles. The van der Waals surface area contributed by atoms with E-state index in [0.29, 0.717) is 28.5 Å². The molecule has 2 atom stereocenters. The number of rotatable bonds is 1. The molecule has 0 unspecified atom stereocenters. The summed E-state index contributed by atoms with van der Waals surface area (Å²) in [5.41, 5.74) is 2.16. The maximum Gasteiger partial charge on any atom is 0.129 e. The number of anilines is 1. The molecule has 0 spiro atoms. The second-order valence-electron chi connectivity index (χ2n) is 5.23. The quantitative estimate of drug-likeness (QED) is 0.803. The van der Waals surface area contributed by atoms with Crippen LogP contribution in [-0.4, -0.2) is 11.2 Å². The third-order valence-electron chi connectivity index (χ3n) is 3.71. The lowest BCUT2D eigenvalue weighted by atomic mass is 9.99. The van der Waals surface area contributed by atoms with Crippen molar-refractivity contribution >= 4 is 28.9 Å². The Labute approximate surface area is 132 Å². The highest BCUT2D eigenvalue weighted by atomic mass is 35.5. The monoisotopic (exact) mass is 325 g/mol. The predicted octanol–water partition coefficient (Wildman–Crippen LogP) is 4.59. The lowest BCUT2D eigenvalue weighted by Gasteiger charge is -2.21. The number of aliphatic hydroxyl groups excluding tert-OH is 1. The van der Waals surface area contributed by atoms with Crippen molar-refractivity contribution in [2.75, 3.05) is 5.32 Å². The molecule has 5 heteroatoms. The topological polar surface area (TPSA) is 32.3 Å². The molecule has 110 valence electrons. The summed E-state index contributed by atoms with van der Waals surface area (Å²) >= 11 is 12.1. The zero-order chi connectivity index (χ0) is 15.0. The van der Waals surface area contributed by atoms with Crippen LogP contribution in [0.15, 0.2) is 36.4 Å². The van der Waals surface area contributed by atoms with Gasteiger partial charge in [0.1, 0.15) is 5.82 Å². The van der Waals surface area contributed by atoms with Crippen LogP contribution in [0.1, 0.15) is 23.6 Å². The summed E-state index contributed by atoms with van der Waals surface area (Å²) in [4.78, 5) is 0. The van der Waals surface area contributed by atoms with Gasteiger partial charge in [0.25, 0.3) is 0 Å². The maximum atomic E-state index is 14.1. The van der Waals surface area contributed by atoms with Crippen LogP contribution < -0.4 is 5.32 Å². The summed E-state index contributed by atoms with van der Waals surface area (Å²) in [6.07, 6.45) is 0.274. The van der Waals surface area contributed by atoms with E-state index in [4.69, 9.17) is 23.2 Å². The molecule has 0 saturated heterocycles. The summed E-state index contributed by atoms with van der Waals surface area (Å²) < 4.78 is 14.1. The first-order valence-corrected chi connectivity index (χ1v) is 7.47. The highest BCUT2D eigenvalue weighted by Gasteiger charge is 2.26. The van der Waals surface area contributed by atoms with Crippen LogP contribution in [0.2, 0.25) is 10.0 Å². The summed E-state index contributed by atoms with van der Waals surface area (Å²) in [6.45, 7) is 0. The second kappa shape index (κ2) is 5.84. The highest BCUT2D eigenvalue weighted by Crippen LogP contribution is 2.36. The van der Waals surface area contributed by atoms with E-state index in [9.17, 15) is 9.50 Å². The van der Waals surface area contributed by atoms with Crippen LogP contribution in [0.3, 0.4) is 0 Å². The van der Waals surface area contributed by atoms with Gasteiger partial charge >= 0.3 is 0 Å². The molecule has 2 aromatic carbocycles. The van der Waals surface area contributed by atoms with Gasteiger partial charge in [-0.25, -0.2) is 4.39 Å². The van der Waals surface area contributed by atoms with Crippen molar-refractivity contribution in [2.45, 2.75) is 25.0 Å². The molecule has 2 nitrogen and oxygen atoms in total. The van der Waals surface area contributed by atoms with E-state index in [0.717, 1.165) is 11.3 Å². The number of benzene rings is 2. The molecule has 21 heavy (non-hydrogen) atoms. The fourth-order valence-electron chi connectivity index (χ4n) is 2.76. The van der Waals surface area contributed by atoms with Crippen LogP contribution in [0, 0.1) is 5.82 Å². The molecule has 2 N–H and O–H groups in total. The third-order valence-corrected chi connectivity index (χ3v) is 4.27. The third kappa shape index (κ3) is 3.00. The maximum absolute atomic E-state index is 14.1. The van der Waals surface area contributed by atoms with E-state index in [1.807, 2.05) is 12.1 Å². The van der Waals surface area contributed by atoms with Crippen molar-refractivity contribution < 1.29 is 9.50 Å². The molecule has 0 amide bonds. The first kappa shape index (κ1) is 14.6. The molecule has 0 saturated carbocycles. The Hall–Kier alpha value is -1.29. The van der Waals surface area contributed by atoms with Crippen molar-refractivity contribution in [1.29, 1.82) is 0 Å². The van der Waals surface area contributed by atoms with E-state index >= 15 is 0 Å². The SMILES string of the molecule is O[C@@H]1Cc2cc(Cl)ccc2N[C@H](c2c(F)cccc2Cl)C1. The van der Waals surface area contributed by atoms with Crippen LogP contribution in [-0.2, 0) is 6.42 Å². The molecule has 2 aromatic rings. The molecule has 0 aliphatic carbocycles. The van der Waals surface area contributed by atoms with Gasteiger partial charge in [-0.2, -0.15) is 0 Å². The minimum absolute atomic E-state index is 0.358. The lowest BCUT2D eigenvalue weighted by Crippen LogP contribution is -2.17. The standard InChI is InChI=1S/C16H14Cl2FNO/c17-10-4-5-14-9(6-10)7-11(21)8-15(20-14)16-12(18)2-1-3-13(16)19/h1-6,11,15,20-21H,7-8H2/t11-,15+/m1/s1. The molecular weight excluding hydrogens is 312 g/mol. The Morgan fingerprint density at radius 2 is 2.00 bits per heavy atom. The van der Waals surface area contributed by atoms with Crippen LogP contribution >= 0.6 is 23.2 Å². The minimum Gasteiger partial charge on any atom is -0.393 e. The molecule has 1 aliphatic rings. The van der Waals surface area contributed by atoms with Gasteiger partial charge < -0.3 is 10.4 Å². The van der Waals surface area contributed by atoms with Gasteiger partial charge in [-0.15, -0.1) is 0 Å². The van der Waals surface area contributed by atoms with E-state index < -0.39 is 6.10 Å². The normalized spacial score (nSPS) is 21.3. The molecule has 0 aromatic heterocycles. The largest absolute Gasteiger partial charge is 0.393 e. The van der Waals surface area contributed by atoms with Gasteiger partial charge in [0.15, 0.2) is 0 Å². The van der Waals surface area contributed by atoms with Crippen LogP contribution in [0.4, 0.5) is 10.1 Å². The molecule has 0 bridgehead atoms. The van der Waals surface area contributed by atoms with Crippen molar-refractivity contribution in [3.05, 3.63) is 63.4 Å². The van der Waals surface area contributed by atoms with Gasteiger partial charge in [-0.05, 0) is 42.3 Å². The predicted molar refractivity (Wildman–Crippen MR) is 83.6 cm³/mol. The van der Waals surface area contributed by atoms with Gasteiger partial charge in [0.05, 0.1) is 12.1 Å². The summed E-state index contributed by atoms with van der Waals surface area (Å²) in [5, 5.41) is 14.4. The number of hydrogen-bond acceptors (Lipinski definition) is 2. The van der Waals surface area contributed by atoms with Gasteiger partial charge in [-0.3, -0.25) is 0 Å². The molecular formula is C16H14Cl2FNO. The summed E-state index contributed by atoms with van der Waals surface area (Å²) in [5.74, 6) is -0.371. The Morgan fingerprint density at radius 3 is 2.76 bits per heavy atom. The molecule has 0 radical (unpaired) electrons. The smallest absolute Gasteiger partial charge is 0.129 e. The fourth-order valence-corrected chi connectivity index (χ4v) is 3.25. The Kier molecular flexibility index (Phi) is 4.07. The van der Waals surface area contributed by atoms with Crippen molar-refractivity contribution in [1.82, 2.24) is 0 Å². The van der Waals surface area contributed by atoms with Crippen molar-refractivity contribution in [3.63, 3.8) is 0 Å². The molecule has 3 rings (SSSR count). The Balaban J connectivity index is 2.03. The van der Waals surface area contributed by atoms with Crippen LogP contribution in [0.25, 0.3) is 0 Å². The number of nitrogens with one attached hydrogen (secondary N) is 1. The zero-order valence-electron chi connectivity index (χ0n) is 11.1. The number of fused-ring (bicyclic) bond motifs is 1. The lowest BCUT2D eigenvalue weighted by molar-refractivity contribution is 0.160. The number of halogens is 3. The molecule has 0 fully saturated rings. The van der Waals surface area contributed by atoms with Gasteiger partial charge in [0.2, 0.25) is 0 Å². The van der Waals surface area contributed by atoms with Crippen molar-refractivity contribution in [2.24, 2.45) is 0 Å². The van der Waals surface area contributed by atoms with Crippen molar-refractivity contribution in [3.8, 4) is 0 Å². The van der Waals surface area contributed by atoms with Gasteiger partial charge in [-0.1, -0.05) is 29.3 Å². The first-order valence-electron chi connectivity index (χ1n) is 6.71. The Bertz CT molecular complexity index is 657. The zero-order valence-corrected chi connectivity index (χ0v) is 12.6. The minimum atomic E-state index is -0.585. The van der Waals surface area contributed by atoms with E-state index in [1.165, 1.54) is 6.07 Å². The first-order chi connectivity index (χ1) is 10.0.